The molecule has 1 saturated carbocycles. The van der Waals surface area contributed by atoms with E-state index >= 15 is 0 Å². The van der Waals surface area contributed by atoms with Crippen LogP contribution in [0.25, 0.3) is 11.4 Å². The van der Waals surface area contributed by atoms with Crippen LogP contribution in [0.15, 0.2) is 23.4 Å². The molecule has 0 saturated heterocycles. The first kappa shape index (κ1) is 20.0. The predicted molar refractivity (Wildman–Crippen MR) is 108 cm³/mol. The molecule has 27 heavy (non-hydrogen) atoms. The molecule has 0 unspecified atom stereocenters. The van der Waals surface area contributed by atoms with Crippen LogP contribution >= 0.6 is 23.4 Å². The molecule has 0 radical (unpaired) electrons. The highest BCUT2D eigenvalue weighted by Gasteiger charge is 2.21. The highest BCUT2D eigenvalue weighted by Crippen LogP contribution is 2.31. The molecule has 2 N–H and O–H groups in total. The van der Waals surface area contributed by atoms with Crippen LogP contribution in [0, 0.1) is 0 Å². The first-order chi connectivity index (χ1) is 13.1. The molecule has 1 amide bonds. The number of carbonyl (C=O) groups excluding carboxylic acids is 1. The molecule has 1 aromatic heterocycles. The smallest absolute Gasteiger partial charge is 0.233 e. The number of H-pyrrole nitrogens is 1. The van der Waals surface area contributed by atoms with Gasteiger partial charge in [-0.15, -0.1) is 5.10 Å². The minimum Gasteiger partial charge on any atom is -0.496 e. The SMILES string of the molecule is COc1ccc(Cl)cc1-c1nc(S[C@H](C)C(=O)NC2CCCCCC2)n[nH]1. The van der Waals surface area contributed by atoms with Gasteiger partial charge in [0.15, 0.2) is 5.82 Å². The van der Waals surface area contributed by atoms with Gasteiger partial charge in [-0.2, -0.15) is 0 Å². The molecule has 0 spiro atoms. The molecule has 1 aromatic carbocycles. The molecule has 1 heterocycles. The van der Waals surface area contributed by atoms with Gasteiger partial charge in [-0.25, -0.2) is 4.98 Å². The minimum atomic E-state index is -0.266. The average molecular weight is 409 g/mol. The van der Waals surface area contributed by atoms with Crippen molar-refractivity contribution in [2.45, 2.75) is 61.9 Å². The third-order valence-corrected chi connectivity index (χ3v) is 5.93. The van der Waals surface area contributed by atoms with Gasteiger partial charge >= 0.3 is 0 Å². The maximum atomic E-state index is 12.5. The van der Waals surface area contributed by atoms with E-state index in [9.17, 15) is 4.79 Å². The van der Waals surface area contributed by atoms with E-state index in [0.29, 0.717) is 27.8 Å². The molecule has 6 nitrogen and oxygen atoms in total. The number of nitrogens with zero attached hydrogens (tertiary/aromatic N) is 2. The summed E-state index contributed by atoms with van der Waals surface area (Å²) in [5.74, 6) is 1.26. The number of aromatic nitrogens is 3. The standard InChI is InChI=1S/C19H25ClN4O2S/c1-12(18(25)21-14-7-5-3-4-6-8-14)27-19-22-17(23-24-19)15-11-13(20)9-10-16(15)26-2/h9-12,14H,3-8H2,1-2H3,(H,21,25)(H,22,23,24)/t12-/m1/s1. The van der Waals surface area contributed by atoms with Crippen molar-refractivity contribution in [3.63, 3.8) is 0 Å². The maximum absolute atomic E-state index is 12.5. The minimum absolute atomic E-state index is 0.0404. The van der Waals surface area contributed by atoms with Crippen LogP contribution in [-0.2, 0) is 4.79 Å². The van der Waals surface area contributed by atoms with E-state index in [0.717, 1.165) is 18.4 Å². The number of ether oxygens (including phenoxy) is 1. The van der Waals surface area contributed by atoms with E-state index in [1.54, 1.807) is 25.3 Å². The Morgan fingerprint density at radius 2 is 2.07 bits per heavy atom. The van der Waals surface area contributed by atoms with Crippen molar-refractivity contribution >= 4 is 29.3 Å². The normalized spacial score (nSPS) is 16.6. The number of thioether (sulfide) groups is 1. The van der Waals surface area contributed by atoms with Crippen LogP contribution in [0.4, 0.5) is 0 Å². The lowest BCUT2D eigenvalue weighted by atomic mass is 10.1. The molecule has 2 aromatic rings. The number of hydrogen-bond donors (Lipinski definition) is 2. The van der Waals surface area contributed by atoms with Gasteiger partial charge in [-0.1, -0.05) is 49.0 Å². The van der Waals surface area contributed by atoms with Gasteiger partial charge in [0.25, 0.3) is 0 Å². The Balaban J connectivity index is 1.63. The van der Waals surface area contributed by atoms with Gasteiger partial charge < -0.3 is 10.1 Å². The number of aromatic amines is 1. The zero-order valence-corrected chi connectivity index (χ0v) is 17.2. The Labute approximate surface area is 168 Å². The lowest BCUT2D eigenvalue weighted by Gasteiger charge is -2.18. The zero-order chi connectivity index (χ0) is 19.2. The van der Waals surface area contributed by atoms with Crippen LogP contribution in [0.1, 0.15) is 45.4 Å². The quantitative estimate of drug-likeness (QED) is 0.545. The second kappa shape index (κ2) is 9.46. The molecule has 1 aliphatic carbocycles. The molecule has 1 aliphatic rings. The van der Waals surface area contributed by atoms with E-state index in [1.807, 2.05) is 6.92 Å². The second-order valence-corrected chi connectivity index (χ2v) is 8.51. The number of nitrogens with one attached hydrogen (secondary N) is 2. The van der Waals surface area contributed by atoms with Crippen LogP contribution in [0.2, 0.25) is 5.02 Å². The van der Waals surface area contributed by atoms with E-state index in [-0.39, 0.29) is 11.2 Å². The van der Waals surface area contributed by atoms with E-state index in [2.05, 4.69) is 20.5 Å². The first-order valence-electron chi connectivity index (χ1n) is 9.30. The molecular weight excluding hydrogens is 384 g/mol. The molecule has 8 heteroatoms. The number of methoxy groups -OCH3 is 1. The largest absolute Gasteiger partial charge is 0.496 e. The summed E-state index contributed by atoms with van der Waals surface area (Å²) in [7, 11) is 1.60. The summed E-state index contributed by atoms with van der Waals surface area (Å²) < 4.78 is 5.36. The van der Waals surface area contributed by atoms with Gasteiger partial charge in [0, 0.05) is 11.1 Å². The number of halogens is 1. The van der Waals surface area contributed by atoms with Crippen molar-refractivity contribution in [2.75, 3.05) is 7.11 Å². The van der Waals surface area contributed by atoms with Crippen molar-refractivity contribution in [1.82, 2.24) is 20.5 Å². The molecule has 1 fully saturated rings. The lowest BCUT2D eigenvalue weighted by Crippen LogP contribution is -2.39. The molecule has 146 valence electrons. The second-order valence-electron chi connectivity index (χ2n) is 6.77. The fourth-order valence-electron chi connectivity index (χ4n) is 3.24. The van der Waals surface area contributed by atoms with Crippen molar-refractivity contribution in [3.05, 3.63) is 23.2 Å². The van der Waals surface area contributed by atoms with Gasteiger partial charge in [0.05, 0.1) is 17.9 Å². The van der Waals surface area contributed by atoms with Gasteiger partial charge in [-0.3, -0.25) is 9.89 Å². The molecule has 0 aliphatic heterocycles. The Morgan fingerprint density at radius 1 is 1.33 bits per heavy atom. The average Bonchev–Trinajstić information content (AvgIpc) is 2.97. The summed E-state index contributed by atoms with van der Waals surface area (Å²) in [6.07, 6.45) is 7.06. The van der Waals surface area contributed by atoms with Gasteiger partial charge in [0.1, 0.15) is 5.75 Å². The topological polar surface area (TPSA) is 79.9 Å². The monoisotopic (exact) mass is 408 g/mol. The van der Waals surface area contributed by atoms with Crippen LogP contribution < -0.4 is 10.1 Å². The van der Waals surface area contributed by atoms with Crippen molar-refractivity contribution < 1.29 is 9.53 Å². The number of rotatable bonds is 6. The highest BCUT2D eigenvalue weighted by atomic mass is 35.5. The lowest BCUT2D eigenvalue weighted by molar-refractivity contribution is -0.121. The summed E-state index contributed by atoms with van der Waals surface area (Å²) in [5.41, 5.74) is 0.736. The third-order valence-electron chi connectivity index (χ3n) is 4.73. The van der Waals surface area contributed by atoms with Crippen LogP contribution in [0.3, 0.4) is 0 Å². The molecule has 1 atom stereocenters. The molecular formula is C19H25ClN4O2S. The van der Waals surface area contributed by atoms with Gasteiger partial charge in [0.2, 0.25) is 11.1 Å². The fraction of sp³-hybridized carbons (Fsp3) is 0.526. The fourth-order valence-corrected chi connectivity index (χ4v) is 4.14. The van der Waals surface area contributed by atoms with Crippen LogP contribution in [-0.4, -0.2) is 39.5 Å². The number of hydrogen-bond acceptors (Lipinski definition) is 5. The summed E-state index contributed by atoms with van der Waals surface area (Å²) in [4.78, 5) is 17.0. The van der Waals surface area contributed by atoms with Crippen molar-refractivity contribution in [2.24, 2.45) is 0 Å². The number of carbonyl (C=O) groups is 1. The van der Waals surface area contributed by atoms with Gasteiger partial charge in [-0.05, 0) is 38.0 Å². The highest BCUT2D eigenvalue weighted by molar-refractivity contribution is 8.00. The third kappa shape index (κ3) is 5.39. The Hall–Kier alpha value is -1.73. The van der Waals surface area contributed by atoms with Crippen molar-refractivity contribution in [1.29, 1.82) is 0 Å². The summed E-state index contributed by atoms with van der Waals surface area (Å²) in [6, 6.07) is 5.62. The summed E-state index contributed by atoms with van der Waals surface area (Å²) in [6.45, 7) is 1.88. The number of benzene rings is 1. The zero-order valence-electron chi connectivity index (χ0n) is 15.6. The number of amides is 1. The first-order valence-corrected chi connectivity index (χ1v) is 10.6. The van der Waals surface area contributed by atoms with Crippen molar-refractivity contribution in [3.8, 4) is 17.1 Å². The summed E-state index contributed by atoms with van der Waals surface area (Å²) in [5, 5.41) is 11.2. The Kier molecular flexibility index (Phi) is 7.01. The Morgan fingerprint density at radius 3 is 2.78 bits per heavy atom. The molecule has 0 bridgehead atoms. The van der Waals surface area contributed by atoms with E-state index in [1.165, 1.54) is 37.4 Å². The summed E-state index contributed by atoms with van der Waals surface area (Å²) >= 11 is 7.42. The Bertz CT molecular complexity index is 775. The molecule has 3 rings (SSSR count). The van der Waals surface area contributed by atoms with E-state index in [4.69, 9.17) is 16.3 Å². The van der Waals surface area contributed by atoms with Crippen LogP contribution in [0.5, 0.6) is 5.75 Å². The maximum Gasteiger partial charge on any atom is 0.233 e. The van der Waals surface area contributed by atoms with E-state index < -0.39 is 0 Å². The predicted octanol–water partition coefficient (Wildman–Crippen LogP) is 4.45.